The van der Waals surface area contributed by atoms with Crippen LogP contribution in [-0.4, -0.2) is 53.6 Å². The number of amides is 1. The van der Waals surface area contributed by atoms with Gasteiger partial charge >= 0.3 is 0 Å². The first-order valence-electron chi connectivity index (χ1n) is 10.8. The van der Waals surface area contributed by atoms with E-state index < -0.39 is 5.82 Å². The van der Waals surface area contributed by atoms with Crippen LogP contribution in [0.5, 0.6) is 5.75 Å². The number of benzene rings is 2. The number of nitrogens with zero attached hydrogens (tertiary/aromatic N) is 4. The Balaban J connectivity index is 1.50. The highest BCUT2D eigenvalue weighted by atomic mass is 35.5. The molecule has 3 heterocycles. The molecule has 0 spiro atoms. The fourth-order valence-corrected chi connectivity index (χ4v) is 4.51. The van der Waals surface area contributed by atoms with Crippen LogP contribution in [0.15, 0.2) is 48.8 Å². The number of hydrogen-bond donors (Lipinski definition) is 1. The Morgan fingerprint density at radius 1 is 1.27 bits per heavy atom. The van der Waals surface area contributed by atoms with Gasteiger partial charge in [0.05, 0.1) is 28.2 Å². The number of likely N-dealkylation sites (tertiary alicyclic amines) is 1. The van der Waals surface area contributed by atoms with Crippen LogP contribution < -0.4 is 15.0 Å². The zero-order valence-corrected chi connectivity index (χ0v) is 18.8. The summed E-state index contributed by atoms with van der Waals surface area (Å²) in [5.74, 6) is 0.434. The molecule has 0 aliphatic carbocycles. The molecule has 5 rings (SSSR count). The fraction of sp³-hybridized carbons (Fsp3) is 0.292. The molecular weight excluding hydrogens is 445 g/mol. The number of fused-ring (bicyclic) bond motifs is 3. The fourth-order valence-electron chi connectivity index (χ4n) is 4.33. The number of hydrogen-bond acceptors (Lipinski definition) is 6. The van der Waals surface area contributed by atoms with E-state index in [2.05, 4.69) is 27.2 Å². The van der Waals surface area contributed by atoms with Crippen LogP contribution in [0.3, 0.4) is 0 Å². The van der Waals surface area contributed by atoms with E-state index >= 15 is 0 Å². The minimum atomic E-state index is -0.499. The summed E-state index contributed by atoms with van der Waals surface area (Å²) in [5.41, 5.74) is 1.90. The summed E-state index contributed by atoms with van der Waals surface area (Å²) in [5, 5.41) is 3.82. The summed E-state index contributed by atoms with van der Waals surface area (Å²) >= 11 is 5.93. The molecule has 0 bridgehead atoms. The average molecular weight is 468 g/mol. The first-order chi connectivity index (χ1) is 16.0. The smallest absolute Gasteiger partial charge is 0.250 e. The predicted molar refractivity (Wildman–Crippen MR) is 127 cm³/mol. The van der Waals surface area contributed by atoms with Crippen molar-refractivity contribution >= 4 is 45.6 Å². The molecule has 2 aromatic carbocycles. The number of ether oxygens (including phenoxy) is 1. The van der Waals surface area contributed by atoms with Gasteiger partial charge in [-0.05, 0) is 56.8 Å². The van der Waals surface area contributed by atoms with E-state index in [1.54, 1.807) is 17.0 Å². The second-order valence-electron chi connectivity index (χ2n) is 8.17. The molecule has 0 saturated carbocycles. The number of aromatic nitrogens is 2. The van der Waals surface area contributed by atoms with E-state index in [0.717, 1.165) is 19.4 Å². The van der Waals surface area contributed by atoms with Gasteiger partial charge in [0.2, 0.25) is 0 Å². The SMILES string of the molecule is CN1CCC[C@H]1/C=C/C(=O)N1CCOc2c1ccc1ncnc(Nc3ccc(F)c(Cl)c3)c21. The molecule has 0 radical (unpaired) electrons. The first-order valence-corrected chi connectivity index (χ1v) is 11.2. The zero-order valence-electron chi connectivity index (χ0n) is 18.1. The maximum atomic E-state index is 13.6. The number of nitrogens with one attached hydrogen (secondary N) is 1. The van der Waals surface area contributed by atoms with Gasteiger partial charge < -0.3 is 15.0 Å². The van der Waals surface area contributed by atoms with Crippen LogP contribution in [0, 0.1) is 5.82 Å². The summed E-state index contributed by atoms with van der Waals surface area (Å²) in [6, 6.07) is 8.32. The largest absolute Gasteiger partial charge is 0.489 e. The number of carbonyl (C=O) groups excluding carboxylic acids is 1. The Labute approximate surface area is 195 Å². The molecular formula is C24H23ClFN5O2. The molecule has 0 unspecified atom stereocenters. The minimum absolute atomic E-state index is 0.00751. The second-order valence-corrected chi connectivity index (χ2v) is 8.58. The van der Waals surface area contributed by atoms with E-state index in [9.17, 15) is 9.18 Å². The molecule has 1 amide bonds. The van der Waals surface area contributed by atoms with Gasteiger partial charge in [-0.15, -0.1) is 0 Å². The van der Waals surface area contributed by atoms with E-state index in [1.807, 2.05) is 18.2 Å². The maximum Gasteiger partial charge on any atom is 0.250 e. The van der Waals surface area contributed by atoms with Crippen molar-refractivity contribution in [3.05, 3.63) is 59.7 Å². The van der Waals surface area contributed by atoms with Crippen LogP contribution in [-0.2, 0) is 4.79 Å². The van der Waals surface area contributed by atoms with Gasteiger partial charge in [0.1, 0.15) is 24.6 Å². The van der Waals surface area contributed by atoms with E-state index in [-0.39, 0.29) is 17.0 Å². The van der Waals surface area contributed by atoms with Gasteiger partial charge in [-0.3, -0.25) is 9.69 Å². The predicted octanol–water partition coefficient (Wildman–Crippen LogP) is 4.54. The van der Waals surface area contributed by atoms with Crippen molar-refractivity contribution in [2.75, 3.05) is 37.0 Å². The second kappa shape index (κ2) is 8.96. The average Bonchev–Trinajstić information content (AvgIpc) is 3.24. The molecule has 1 fully saturated rings. The van der Waals surface area contributed by atoms with Crippen LogP contribution in [0.4, 0.5) is 21.6 Å². The van der Waals surface area contributed by atoms with Crippen molar-refractivity contribution in [1.82, 2.24) is 14.9 Å². The molecule has 1 aromatic heterocycles. The van der Waals surface area contributed by atoms with E-state index in [1.165, 1.54) is 18.5 Å². The summed E-state index contributed by atoms with van der Waals surface area (Å²) in [7, 11) is 2.07. The minimum Gasteiger partial charge on any atom is -0.489 e. The maximum absolute atomic E-state index is 13.6. The molecule has 2 aliphatic rings. The third-order valence-electron chi connectivity index (χ3n) is 6.07. The van der Waals surface area contributed by atoms with Crippen molar-refractivity contribution in [1.29, 1.82) is 0 Å². The number of carbonyl (C=O) groups is 1. The van der Waals surface area contributed by atoms with Crippen LogP contribution in [0.2, 0.25) is 5.02 Å². The topological polar surface area (TPSA) is 70.6 Å². The first kappa shape index (κ1) is 21.6. The monoisotopic (exact) mass is 467 g/mol. The lowest BCUT2D eigenvalue weighted by Crippen LogP contribution is -2.37. The zero-order chi connectivity index (χ0) is 22.9. The van der Waals surface area contributed by atoms with E-state index in [0.29, 0.717) is 47.0 Å². The van der Waals surface area contributed by atoms with Crippen LogP contribution in [0.25, 0.3) is 10.9 Å². The molecule has 9 heteroatoms. The number of rotatable bonds is 4. The molecule has 170 valence electrons. The third-order valence-corrected chi connectivity index (χ3v) is 6.36. The Bertz CT molecular complexity index is 1250. The van der Waals surface area contributed by atoms with Crippen molar-refractivity contribution in [3.8, 4) is 5.75 Å². The number of likely N-dealkylation sites (N-methyl/N-ethyl adjacent to an activating group) is 1. The van der Waals surface area contributed by atoms with Crippen molar-refractivity contribution < 1.29 is 13.9 Å². The summed E-state index contributed by atoms with van der Waals surface area (Å²) < 4.78 is 19.6. The number of halogens is 2. The third kappa shape index (κ3) is 4.24. The normalized spacial score (nSPS) is 18.5. The summed E-state index contributed by atoms with van der Waals surface area (Å²) in [6.07, 6.45) is 7.28. The lowest BCUT2D eigenvalue weighted by molar-refractivity contribution is -0.114. The Morgan fingerprint density at radius 2 is 2.15 bits per heavy atom. The summed E-state index contributed by atoms with van der Waals surface area (Å²) in [6.45, 7) is 1.85. The molecule has 3 aromatic rings. The van der Waals surface area contributed by atoms with Crippen LogP contribution in [0.1, 0.15) is 12.8 Å². The van der Waals surface area contributed by atoms with Crippen LogP contribution >= 0.6 is 11.6 Å². The molecule has 1 saturated heterocycles. The highest BCUT2D eigenvalue weighted by molar-refractivity contribution is 6.31. The number of anilines is 3. The highest BCUT2D eigenvalue weighted by Crippen LogP contribution is 2.41. The molecule has 1 N–H and O–H groups in total. The van der Waals surface area contributed by atoms with Crippen molar-refractivity contribution in [2.45, 2.75) is 18.9 Å². The van der Waals surface area contributed by atoms with Gasteiger partial charge in [0, 0.05) is 17.8 Å². The Kier molecular flexibility index (Phi) is 5.86. The quantitative estimate of drug-likeness (QED) is 0.568. The molecule has 7 nitrogen and oxygen atoms in total. The van der Waals surface area contributed by atoms with Gasteiger partial charge in [-0.25, -0.2) is 14.4 Å². The van der Waals surface area contributed by atoms with Gasteiger partial charge in [0.25, 0.3) is 5.91 Å². The Morgan fingerprint density at radius 3 is 2.94 bits per heavy atom. The summed E-state index contributed by atoms with van der Waals surface area (Å²) in [4.78, 5) is 25.8. The molecule has 33 heavy (non-hydrogen) atoms. The lowest BCUT2D eigenvalue weighted by atomic mass is 10.1. The molecule has 2 aliphatic heterocycles. The highest BCUT2D eigenvalue weighted by Gasteiger charge is 2.27. The standard InChI is InChI=1S/C24H23ClFN5O2/c1-30-10-2-3-16(30)5-9-21(32)31-11-12-33-23-20(31)8-7-19-22(23)24(28-14-27-19)29-15-4-6-18(26)17(25)13-15/h4-9,13-14,16H,2-3,10-12H2,1H3,(H,27,28,29)/b9-5+/t16-/m0/s1. The van der Waals surface area contributed by atoms with Gasteiger partial charge in [-0.2, -0.15) is 0 Å². The lowest BCUT2D eigenvalue weighted by Gasteiger charge is -2.30. The van der Waals surface area contributed by atoms with Crippen molar-refractivity contribution in [3.63, 3.8) is 0 Å². The van der Waals surface area contributed by atoms with Gasteiger partial charge in [0.15, 0.2) is 5.75 Å². The van der Waals surface area contributed by atoms with Gasteiger partial charge in [-0.1, -0.05) is 17.7 Å². The van der Waals surface area contributed by atoms with Crippen molar-refractivity contribution in [2.24, 2.45) is 0 Å². The molecule has 1 atom stereocenters. The van der Waals surface area contributed by atoms with E-state index in [4.69, 9.17) is 16.3 Å². The Hall–Kier alpha value is -3.23.